The molecule has 1 aliphatic rings. The molecule has 6 heteroatoms. The molecule has 0 spiro atoms. The fourth-order valence-electron chi connectivity index (χ4n) is 2.76. The molecule has 0 bridgehead atoms. The highest BCUT2D eigenvalue weighted by atomic mass is 16.5. The van der Waals surface area contributed by atoms with Crippen molar-refractivity contribution in [3.63, 3.8) is 0 Å². The number of hydrogen-bond acceptors (Lipinski definition) is 5. The second-order valence-corrected chi connectivity index (χ2v) is 5.06. The van der Waals surface area contributed by atoms with E-state index in [1.807, 2.05) is 18.2 Å². The van der Waals surface area contributed by atoms with Crippen LogP contribution in [-0.2, 0) is 4.74 Å². The van der Waals surface area contributed by atoms with Crippen LogP contribution >= 0.6 is 0 Å². The van der Waals surface area contributed by atoms with Gasteiger partial charge in [-0.2, -0.15) is 0 Å². The van der Waals surface area contributed by atoms with Crippen molar-refractivity contribution >= 4 is 17.0 Å². The van der Waals surface area contributed by atoms with Gasteiger partial charge in [0.1, 0.15) is 17.9 Å². The summed E-state index contributed by atoms with van der Waals surface area (Å²) >= 11 is 0. The van der Waals surface area contributed by atoms with Crippen LogP contribution in [0.1, 0.15) is 18.1 Å². The van der Waals surface area contributed by atoms with Gasteiger partial charge in [0.15, 0.2) is 11.5 Å². The number of fused-ring (bicyclic) bond motifs is 1. The average Bonchev–Trinajstić information content (AvgIpc) is 3.17. The molecule has 21 heavy (non-hydrogen) atoms. The Balaban J connectivity index is 1.63. The summed E-state index contributed by atoms with van der Waals surface area (Å²) in [7, 11) is 0. The highest BCUT2D eigenvalue weighted by molar-refractivity contribution is 5.82. The molecule has 1 fully saturated rings. The van der Waals surface area contributed by atoms with Gasteiger partial charge in [0.05, 0.1) is 12.4 Å². The van der Waals surface area contributed by atoms with Crippen LogP contribution < -0.4 is 5.32 Å². The predicted octanol–water partition coefficient (Wildman–Crippen LogP) is 2.29. The second kappa shape index (κ2) is 5.14. The van der Waals surface area contributed by atoms with E-state index in [1.165, 1.54) is 11.9 Å². The van der Waals surface area contributed by atoms with Crippen molar-refractivity contribution in [1.82, 2.24) is 19.9 Å². The van der Waals surface area contributed by atoms with Crippen LogP contribution in [0.15, 0.2) is 43.0 Å². The number of anilines is 1. The first-order valence-electron chi connectivity index (χ1n) is 6.99. The monoisotopic (exact) mass is 281 g/mol. The average molecular weight is 281 g/mol. The molecule has 0 amide bonds. The SMILES string of the molecule is c1ccc(C2OCCC2Nc2ncnc3nc[nH]c23)cc1. The Kier molecular flexibility index (Phi) is 3.01. The first-order chi connectivity index (χ1) is 10.4. The van der Waals surface area contributed by atoms with Gasteiger partial charge >= 0.3 is 0 Å². The van der Waals surface area contributed by atoms with Gasteiger partial charge in [-0.05, 0) is 12.0 Å². The van der Waals surface area contributed by atoms with Gasteiger partial charge in [0.2, 0.25) is 0 Å². The number of benzene rings is 1. The Morgan fingerprint density at radius 2 is 2.05 bits per heavy atom. The summed E-state index contributed by atoms with van der Waals surface area (Å²) < 4.78 is 5.89. The van der Waals surface area contributed by atoms with Crippen molar-refractivity contribution in [2.75, 3.05) is 11.9 Å². The van der Waals surface area contributed by atoms with E-state index in [9.17, 15) is 0 Å². The van der Waals surface area contributed by atoms with Gasteiger partial charge < -0.3 is 15.0 Å². The Labute approximate surface area is 121 Å². The molecule has 106 valence electrons. The van der Waals surface area contributed by atoms with E-state index in [2.05, 4.69) is 37.4 Å². The normalized spacial score (nSPS) is 21.7. The Bertz CT molecular complexity index is 742. The molecular weight excluding hydrogens is 266 g/mol. The van der Waals surface area contributed by atoms with E-state index in [0.29, 0.717) is 5.65 Å². The molecule has 2 aromatic heterocycles. The van der Waals surface area contributed by atoms with Crippen LogP contribution in [-0.4, -0.2) is 32.6 Å². The summed E-state index contributed by atoms with van der Waals surface area (Å²) in [4.78, 5) is 15.7. The lowest BCUT2D eigenvalue weighted by atomic mass is 10.0. The molecule has 0 aliphatic carbocycles. The minimum Gasteiger partial charge on any atom is -0.371 e. The van der Waals surface area contributed by atoms with Crippen LogP contribution in [0.25, 0.3) is 11.2 Å². The molecule has 1 aromatic carbocycles. The summed E-state index contributed by atoms with van der Waals surface area (Å²) in [6.45, 7) is 0.744. The summed E-state index contributed by atoms with van der Waals surface area (Å²) in [5, 5.41) is 3.47. The van der Waals surface area contributed by atoms with Crippen LogP contribution in [0.3, 0.4) is 0 Å². The predicted molar refractivity (Wildman–Crippen MR) is 78.8 cm³/mol. The number of rotatable bonds is 3. The first-order valence-corrected chi connectivity index (χ1v) is 6.99. The van der Waals surface area contributed by atoms with Crippen LogP contribution in [0, 0.1) is 0 Å². The molecular formula is C15H15N5O. The lowest BCUT2D eigenvalue weighted by molar-refractivity contribution is 0.107. The highest BCUT2D eigenvalue weighted by Gasteiger charge is 2.30. The highest BCUT2D eigenvalue weighted by Crippen LogP contribution is 2.31. The van der Waals surface area contributed by atoms with E-state index in [1.54, 1.807) is 6.33 Å². The zero-order valence-electron chi connectivity index (χ0n) is 11.4. The van der Waals surface area contributed by atoms with Crippen molar-refractivity contribution in [2.24, 2.45) is 0 Å². The maximum absolute atomic E-state index is 5.89. The zero-order chi connectivity index (χ0) is 14.1. The Morgan fingerprint density at radius 1 is 1.14 bits per heavy atom. The summed E-state index contributed by atoms with van der Waals surface area (Å²) in [5.41, 5.74) is 2.68. The molecule has 2 atom stereocenters. The molecule has 3 aromatic rings. The van der Waals surface area contributed by atoms with Gasteiger partial charge in [0.25, 0.3) is 0 Å². The first kappa shape index (κ1) is 12.3. The molecule has 0 radical (unpaired) electrons. The number of imidazole rings is 1. The minimum atomic E-state index is 0.0409. The quantitative estimate of drug-likeness (QED) is 0.770. The lowest BCUT2D eigenvalue weighted by Crippen LogP contribution is -2.24. The van der Waals surface area contributed by atoms with Crippen molar-refractivity contribution < 1.29 is 4.74 Å². The number of hydrogen-bond donors (Lipinski definition) is 2. The zero-order valence-corrected chi connectivity index (χ0v) is 11.4. The third-order valence-electron chi connectivity index (χ3n) is 3.76. The Hall–Kier alpha value is -2.47. The van der Waals surface area contributed by atoms with Gasteiger partial charge in [-0.25, -0.2) is 15.0 Å². The van der Waals surface area contributed by atoms with Crippen molar-refractivity contribution in [2.45, 2.75) is 18.6 Å². The molecule has 2 N–H and O–H groups in total. The third kappa shape index (κ3) is 2.23. The van der Waals surface area contributed by atoms with E-state index < -0.39 is 0 Å². The molecule has 4 rings (SSSR count). The molecule has 3 heterocycles. The minimum absolute atomic E-state index is 0.0409. The fraction of sp³-hybridized carbons (Fsp3) is 0.267. The largest absolute Gasteiger partial charge is 0.371 e. The summed E-state index contributed by atoms with van der Waals surface area (Å²) in [6.07, 6.45) is 4.14. The van der Waals surface area contributed by atoms with Crippen LogP contribution in [0.2, 0.25) is 0 Å². The van der Waals surface area contributed by atoms with Gasteiger partial charge in [-0.1, -0.05) is 30.3 Å². The van der Waals surface area contributed by atoms with Gasteiger partial charge in [-0.3, -0.25) is 0 Å². The number of aromatic amines is 1. The van der Waals surface area contributed by atoms with Crippen LogP contribution in [0.4, 0.5) is 5.82 Å². The number of aromatic nitrogens is 4. The van der Waals surface area contributed by atoms with Gasteiger partial charge in [-0.15, -0.1) is 0 Å². The van der Waals surface area contributed by atoms with E-state index in [4.69, 9.17) is 4.74 Å². The van der Waals surface area contributed by atoms with E-state index >= 15 is 0 Å². The molecule has 0 saturated carbocycles. The number of H-pyrrole nitrogens is 1. The standard InChI is InChI=1S/C15H15N5O/c1-2-4-10(5-3-1)13-11(6-7-21-13)20-15-12-14(17-8-16-12)18-9-19-15/h1-5,8-9,11,13H,6-7H2,(H2,16,17,18,19,20). The summed E-state index contributed by atoms with van der Waals surface area (Å²) in [5.74, 6) is 0.772. The maximum Gasteiger partial charge on any atom is 0.182 e. The van der Waals surface area contributed by atoms with Crippen molar-refractivity contribution in [3.8, 4) is 0 Å². The van der Waals surface area contributed by atoms with E-state index in [0.717, 1.165) is 24.4 Å². The van der Waals surface area contributed by atoms with Crippen molar-refractivity contribution in [1.29, 1.82) is 0 Å². The topological polar surface area (TPSA) is 75.7 Å². The molecule has 6 nitrogen and oxygen atoms in total. The molecule has 1 aliphatic heterocycles. The number of nitrogens with one attached hydrogen (secondary N) is 2. The molecule has 1 saturated heterocycles. The molecule has 2 unspecified atom stereocenters. The van der Waals surface area contributed by atoms with E-state index in [-0.39, 0.29) is 12.1 Å². The van der Waals surface area contributed by atoms with Crippen LogP contribution in [0.5, 0.6) is 0 Å². The van der Waals surface area contributed by atoms with Crippen molar-refractivity contribution in [3.05, 3.63) is 48.5 Å². The number of nitrogens with zero attached hydrogens (tertiary/aromatic N) is 3. The second-order valence-electron chi connectivity index (χ2n) is 5.06. The van der Waals surface area contributed by atoms with Gasteiger partial charge in [0, 0.05) is 6.61 Å². The Morgan fingerprint density at radius 3 is 2.95 bits per heavy atom. The fourth-order valence-corrected chi connectivity index (χ4v) is 2.76. The smallest absolute Gasteiger partial charge is 0.182 e. The maximum atomic E-state index is 5.89. The summed E-state index contributed by atoms with van der Waals surface area (Å²) in [6, 6.07) is 10.5. The third-order valence-corrected chi connectivity index (χ3v) is 3.76. The lowest BCUT2D eigenvalue weighted by Gasteiger charge is -2.20. The number of ether oxygens (including phenoxy) is 1.